The lowest BCUT2D eigenvalue weighted by Crippen LogP contribution is -2.06. The van der Waals surface area contributed by atoms with E-state index in [1.54, 1.807) is 18.3 Å². The quantitative estimate of drug-likeness (QED) is 0.626. The molecule has 0 aromatic heterocycles. The van der Waals surface area contributed by atoms with Crippen LogP contribution in [-0.2, 0) is 6.54 Å². The predicted octanol–water partition coefficient (Wildman–Crippen LogP) is 4.52. The van der Waals surface area contributed by atoms with Crippen LogP contribution in [0.3, 0.4) is 0 Å². The molecule has 0 radical (unpaired) electrons. The minimum atomic E-state index is 0.472. The van der Waals surface area contributed by atoms with Crippen molar-refractivity contribution in [1.29, 1.82) is 0 Å². The van der Waals surface area contributed by atoms with E-state index in [0.717, 1.165) is 16.9 Å². The predicted molar refractivity (Wildman–Crippen MR) is 88.5 cm³/mol. The van der Waals surface area contributed by atoms with Crippen LogP contribution in [0.15, 0.2) is 47.6 Å². The average molecular weight is 323 g/mol. The fourth-order valence-corrected chi connectivity index (χ4v) is 2.33. The van der Waals surface area contributed by atoms with E-state index >= 15 is 0 Å². The monoisotopic (exact) mass is 322 g/mol. The zero-order valence-electron chi connectivity index (χ0n) is 11.6. The summed E-state index contributed by atoms with van der Waals surface area (Å²) in [5.41, 5.74) is 4.73. The van der Waals surface area contributed by atoms with Gasteiger partial charge in [-0.2, -0.15) is 5.10 Å². The summed E-state index contributed by atoms with van der Waals surface area (Å²) in [7, 11) is 0. The van der Waals surface area contributed by atoms with E-state index in [2.05, 4.69) is 10.5 Å². The van der Waals surface area contributed by atoms with Crippen LogP contribution >= 0.6 is 23.2 Å². The van der Waals surface area contributed by atoms with Gasteiger partial charge in [-0.25, -0.2) is 0 Å². The topological polar surface area (TPSA) is 33.6 Å². The maximum Gasteiger partial charge on any atom is 0.119 e. The van der Waals surface area contributed by atoms with Gasteiger partial charge in [0.15, 0.2) is 0 Å². The van der Waals surface area contributed by atoms with E-state index in [9.17, 15) is 0 Å². The summed E-state index contributed by atoms with van der Waals surface area (Å²) in [5.74, 6) is 0.829. The number of nitrogens with one attached hydrogen (secondary N) is 1. The standard InChI is InChI=1S/C16H16Cl2N2O/c1-2-21-13-6-3-5-12(9-13)10-19-20-11-14-15(17)7-4-8-16(14)18/h3-10,20H,2,11H2,1H3/b19-10-. The van der Waals surface area contributed by atoms with E-state index < -0.39 is 0 Å². The van der Waals surface area contributed by atoms with E-state index in [4.69, 9.17) is 27.9 Å². The van der Waals surface area contributed by atoms with Crippen molar-refractivity contribution < 1.29 is 4.74 Å². The summed E-state index contributed by atoms with van der Waals surface area (Å²) in [4.78, 5) is 0. The summed E-state index contributed by atoms with van der Waals surface area (Å²) >= 11 is 12.2. The molecule has 110 valence electrons. The van der Waals surface area contributed by atoms with Crippen molar-refractivity contribution in [2.75, 3.05) is 6.61 Å². The van der Waals surface area contributed by atoms with E-state index in [1.807, 2.05) is 37.3 Å². The van der Waals surface area contributed by atoms with E-state index in [1.165, 1.54) is 0 Å². The normalized spacial score (nSPS) is 10.8. The number of hydrogen-bond donors (Lipinski definition) is 1. The molecule has 2 aromatic rings. The minimum absolute atomic E-state index is 0.472. The summed E-state index contributed by atoms with van der Waals surface area (Å²) in [6.07, 6.45) is 1.73. The summed E-state index contributed by atoms with van der Waals surface area (Å²) in [6.45, 7) is 3.07. The maximum absolute atomic E-state index is 6.09. The molecule has 0 fully saturated rings. The Bertz CT molecular complexity index is 609. The van der Waals surface area contributed by atoms with Gasteiger partial charge in [0, 0.05) is 15.6 Å². The first-order valence-electron chi connectivity index (χ1n) is 6.62. The minimum Gasteiger partial charge on any atom is -0.494 e. The Hall–Kier alpha value is -1.71. The highest BCUT2D eigenvalue weighted by Gasteiger charge is 2.03. The first kappa shape index (κ1) is 15.7. The third-order valence-electron chi connectivity index (χ3n) is 2.79. The lowest BCUT2D eigenvalue weighted by molar-refractivity contribution is 0.340. The molecule has 21 heavy (non-hydrogen) atoms. The van der Waals surface area contributed by atoms with Gasteiger partial charge in [0.05, 0.1) is 19.4 Å². The zero-order valence-corrected chi connectivity index (χ0v) is 13.2. The molecule has 5 heteroatoms. The first-order valence-corrected chi connectivity index (χ1v) is 7.38. The summed E-state index contributed by atoms with van der Waals surface area (Å²) < 4.78 is 5.44. The first-order chi connectivity index (χ1) is 10.2. The Balaban J connectivity index is 1.95. The third-order valence-corrected chi connectivity index (χ3v) is 3.50. The van der Waals surface area contributed by atoms with Gasteiger partial charge in [-0.1, -0.05) is 41.4 Å². The number of hydrogen-bond acceptors (Lipinski definition) is 3. The zero-order chi connectivity index (χ0) is 15.1. The van der Waals surface area contributed by atoms with Crippen molar-refractivity contribution >= 4 is 29.4 Å². The average Bonchev–Trinajstić information content (AvgIpc) is 2.47. The molecule has 2 aromatic carbocycles. The summed E-state index contributed by atoms with van der Waals surface area (Å²) in [6, 6.07) is 13.2. The van der Waals surface area contributed by atoms with Crippen molar-refractivity contribution in [3.8, 4) is 5.75 Å². The van der Waals surface area contributed by atoms with Gasteiger partial charge in [0.2, 0.25) is 0 Å². The van der Waals surface area contributed by atoms with Crippen LogP contribution in [0.1, 0.15) is 18.1 Å². The molecule has 0 atom stereocenters. The number of nitrogens with zero attached hydrogens (tertiary/aromatic N) is 1. The van der Waals surface area contributed by atoms with Crippen molar-refractivity contribution in [2.24, 2.45) is 5.10 Å². The number of rotatable bonds is 6. The number of ether oxygens (including phenoxy) is 1. The van der Waals surface area contributed by atoms with Crippen LogP contribution in [0, 0.1) is 0 Å². The van der Waals surface area contributed by atoms with Gasteiger partial charge >= 0.3 is 0 Å². The third kappa shape index (κ3) is 4.66. The van der Waals surface area contributed by atoms with Crippen molar-refractivity contribution in [3.63, 3.8) is 0 Å². The molecular weight excluding hydrogens is 307 g/mol. The Morgan fingerprint density at radius 3 is 2.57 bits per heavy atom. The molecule has 0 saturated heterocycles. The molecule has 0 spiro atoms. The Kier molecular flexibility index (Phi) is 5.90. The fraction of sp³-hybridized carbons (Fsp3) is 0.188. The molecule has 1 N–H and O–H groups in total. The molecular formula is C16H16Cl2N2O. The maximum atomic E-state index is 6.09. The second-order valence-corrected chi connectivity index (χ2v) is 5.11. The lowest BCUT2D eigenvalue weighted by atomic mass is 10.2. The second kappa shape index (κ2) is 7.91. The lowest BCUT2D eigenvalue weighted by Gasteiger charge is -2.06. The molecule has 0 aliphatic carbocycles. The van der Waals surface area contributed by atoms with Gasteiger partial charge in [0.1, 0.15) is 5.75 Å². The molecule has 0 aliphatic rings. The van der Waals surface area contributed by atoms with Crippen molar-refractivity contribution in [1.82, 2.24) is 5.43 Å². The van der Waals surface area contributed by atoms with Crippen LogP contribution in [0.4, 0.5) is 0 Å². The van der Waals surface area contributed by atoms with Gasteiger partial charge in [-0.05, 0) is 36.8 Å². The van der Waals surface area contributed by atoms with Crippen LogP contribution in [0.5, 0.6) is 5.75 Å². The van der Waals surface area contributed by atoms with Crippen molar-refractivity contribution in [3.05, 3.63) is 63.6 Å². The Labute approximate surface area is 134 Å². The molecule has 0 saturated carbocycles. The van der Waals surface area contributed by atoms with E-state index in [0.29, 0.717) is 23.2 Å². The number of benzene rings is 2. The van der Waals surface area contributed by atoms with Gasteiger partial charge in [-0.3, -0.25) is 0 Å². The molecule has 3 nitrogen and oxygen atoms in total. The van der Waals surface area contributed by atoms with Crippen LogP contribution in [-0.4, -0.2) is 12.8 Å². The molecule has 0 aliphatic heterocycles. The number of halogens is 2. The van der Waals surface area contributed by atoms with Crippen LogP contribution < -0.4 is 10.2 Å². The Morgan fingerprint density at radius 2 is 1.86 bits per heavy atom. The van der Waals surface area contributed by atoms with Crippen LogP contribution in [0.2, 0.25) is 10.0 Å². The Morgan fingerprint density at radius 1 is 1.14 bits per heavy atom. The SMILES string of the molecule is CCOc1cccc(/C=N\NCc2c(Cl)cccc2Cl)c1. The van der Waals surface area contributed by atoms with Gasteiger partial charge in [0.25, 0.3) is 0 Å². The molecule has 0 unspecified atom stereocenters. The highest BCUT2D eigenvalue weighted by Crippen LogP contribution is 2.23. The second-order valence-electron chi connectivity index (χ2n) is 4.30. The van der Waals surface area contributed by atoms with E-state index in [-0.39, 0.29) is 0 Å². The van der Waals surface area contributed by atoms with Crippen LogP contribution in [0.25, 0.3) is 0 Å². The fourth-order valence-electron chi connectivity index (χ4n) is 1.80. The summed E-state index contributed by atoms with van der Waals surface area (Å²) in [5, 5.41) is 5.43. The highest BCUT2D eigenvalue weighted by atomic mass is 35.5. The molecule has 0 heterocycles. The molecule has 0 amide bonds. The van der Waals surface area contributed by atoms with Crippen molar-refractivity contribution in [2.45, 2.75) is 13.5 Å². The smallest absolute Gasteiger partial charge is 0.119 e. The van der Waals surface area contributed by atoms with Gasteiger partial charge < -0.3 is 10.2 Å². The highest BCUT2D eigenvalue weighted by molar-refractivity contribution is 6.35. The van der Waals surface area contributed by atoms with Gasteiger partial charge in [-0.15, -0.1) is 0 Å². The number of hydrazone groups is 1. The molecule has 0 bridgehead atoms. The molecule has 2 rings (SSSR count). The largest absolute Gasteiger partial charge is 0.494 e.